The number of fused-ring (bicyclic) bond motifs is 2. The molecule has 3 aromatic carbocycles. The molecule has 5 aromatic rings. The van der Waals surface area contributed by atoms with Gasteiger partial charge in [-0.25, -0.2) is 9.37 Å². The van der Waals surface area contributed by atoms with Crippen molar-refractivity contribution < 1.29 is 13.6 Å². The fourth-order valence-electron chi connectivity index (χ4n) is 3.90. The van der Waals surface area contributed by atoms with Crippen LogP contribution in [0.3, 0.4) is 0 Å². The van der Waals surface area contributed by atoms with E-state index in [4.69, 9.17) is 4.42 Å². The molecule has 0 bridgehead atoms. The zero-order valence-corrected chi connectivity index (χ0v) is 16.9. The molecule has 1 N–H and O–H groups in total. The van der Waals surface area contributed by atoms with Gasteiger partial charge in [-0.1, -0.05) is 42.5 Å². The maximum atomic E-state index is 13.5. The number of benzene rings is 3. The number of nitrogens with one attached hydrogen (secondary N) is 1. The second-order valence-electron chi connectivity index (χ2n) is 7.52. The van der Waals surface area contributed by atoms with Crippen molar-refractivity contribution in [2.24, 2.45) is 0 Å². The number of aromatic nitrogens is 2. The Morgan fingerprint density at radius 1 is 1.06 bits per heavy atom. The molecule has 0 radical (unpaired) electrons. The number of amides is 1. The molecule has 0 fully saturated rings. The molecule has 1 unspecified atom stereocenters. The maximum absolute atomic E-state index is 13.5. The highest BCUT2D eigenvalue weighted by atomic mass is 19.1. The molecule has 0 saturated heterocycles. The molecule has 31 heavy (non-hydrogen) atoms. The Balaban J connectivity index is 1.50. The second kappa shape index (κ2) is 7.72. The van der Waals surface area contributed by atoms with Crippen molar-refractivity contribution in [3.63, 3.8) is 0 Å². The Hall–Kier alpha value is -3.93. The first-order valence-electron chi connectivity index (χ1n) is 10.0. The zero-order chi connectivity index (χ0) is 21.4. The van der Waals surface area contributed by atoms with E-state index in [-0.39, 0.29) is 17.5 Å². The van der Waals surface area contributed by atoms with Crippen molar-refractivity contribution in [2.45, 2.75) is 19.5 Å². The van der Waals surface area contributed by atoms with Gasteiger partial charge in [0.15, 0.2) is 5.76 Å². The molecule has 0 aliphatic carbocycles. The Morgan fingerprint density at radius 3 is 2.61 bits per heavy atom. The van der Waals surface area contributed by atoms with Crippen LogP contribution < -0.4 is 5.32 Å². The minimum Gasteiger partial charge on any atom is -0.451 e. The Labute approximate surface area is 178 Å². The van der Waals surface area contributed by atoms with Gasteiger partial charge in [0.25, 0.3) is 5.91 Å². The van der Waals surface area contributed by atoms with E-state index < -0.39 is 6.04 Å². The molecular weight excluding hydrogens is 393 g/mol. The van der Waals surface area contributed by atoms with Gasteiger partial charge in [-0.05, 0) is 42.8 Å². The highest BCUT2D eigenvalue weighted by molar-refractivity contribution is 5.99. The third-order valence-electron chi connectivity index (χ3n) is 5.53. The third-order valence-corrected chi connectivity index (χ3v) is 5.53. The van der Waals surface area contributed by atoms with Gasteiger partial charge in [-0.15, -0.1) is 0 Å². The summed E-state index contributed by atoms with van der Waals surface area (Å²) < 4.78 is 21.3. The molecule has 5 rings (SSSR count). The molecule has 154 valence electrons. The molecule has 6 heteroatoms. The summed E-state index contributed by atoms with van der Waals surface area (Å²) in [5.74, 6) is -0.355. The summed E-state index contributed by atoms with van der Waals surface area (Å²) in [5, 5.41) is 3.98. The van der Waals surface area contributed by atoms with Crippen LogP contribution in [0.5, 0.6) is 0 Å². The van der Waals surface area contributed by atoms with Crippen LogP contribution in [-0.2, 0) is 6.54 Å². The number of furan rings is 1. The van der Waals surface area contributed by atoms with Crippen molar-refractivity contribution in [3.8, 4) is 0 Å². The van der Waals surface area contributed by atoms with E-state index in [9.17, 15) is 9.18 Å². The van der Waals surface area contributed by atoms with Crippen molar-refractivity contribution in [2.75, 3.05) is 0 Å². The van der Waals surface area contributed by atoms with Gasteiger partial charge in [0.05, 0.1) is 23.4 Å². The Bertz CT molecular complexity index is 1390. The SMILES string of the molecule is Cc1c(C(=O)NC(Cn2cnc3ccccc32)c2ccc(F)cc2)oc2ccccc12. The standard InChI is InChI=1S/C25H20FN3O2/c1-16-19-6-2-5-9-23(19)31-24(16)25(30)28-21(17-10-12-18(26)13-11-17)14-29-15-27-20-7-3-4-8-22(20)29/h2-13,15,21H,14H2,1H3,(H,28,30). The van der Waals surface area contributed by atoms with Gasteiger partial charge < -0.3 is 14.3 Å². The summed E-state index contributed by atoms with van der Waals surface area (Å²) >= 11 is 0. The van der Waals surface area contributed by atoms with Crippen molar-refractivity contribution in [1.82, 2.24) is 14.9 Å². The summed E-state index contributed by atoms with van der Waals surface area (Å²) in [7, 11) is 0. The molecule has 5 nitrogen and oxygen atoms in total. The number of aryl methyl sites for hydroxylation is 1. The summed E-state index contributed by atoms with van der Waals surface area (Å²) in [4.78, 5) is 17.6. The van der Waals surface area contributed by atoms with Crippen LogP contribution in [0.2, 0.25) is 0 Å². The lowest BCUT2D eigenvalue weighted by Gasteiger charge is -2.20. The molecule has 0 saturated carbocycles. The predicted molar refractivity (Wildman–Crippen MR) is 117 cm³/mol. The quantitative estimate of drug-likeness (QED) is 0.420. The lowest BCUT2D eigenvalue weighted by molar-refractivity contribution is 0.0906. The van der Waals surface area contributed by atoms with E-state index in [1.807, 2.05) is 60.0 Å². The molecule has 1 atom stereocenters. The van der Waals surface area contributed by atoms with Gasteiger partial charge >= 0.3 is 0 Å². The van der Waals surface area contributed by atoms with Crippen molar-refractivity contribution >= 4 is 27.9 Å². The summed E-state index contributed by atoms with van der Waals surface area (Å²) in [6.07, 6.45) is 1.75. The van der Waals surface area contributed by atoms with Crippen LogP contribution in [0.25, 0.3) is 22.0 Å². The third kappa shape index (κ3) is 3.57. The number of carbonyl (C=O) groups excluding carboxylic acids is 1. The van der Waals surface area contributed by atoms with E-state index in [0.717, 1.165) is 27.5 Å². The normalized spacial score (nSPS) is 12.3. The van der Waals surface area contributed by atoms with E-state index in [1.165, 1.54) is 12.1 Å². The highest BCUT2D eigenvalue weighted by Gasteiger charge is 2.22. The molecule has 0 spiro atoms. The topological polar surface area (TPSA) is 60.1 Å². The number of carbonyl (C=O) groups is 1. The fraction of sp³-hybridized carbons (Fsp3) is 0.120. The van der Waals surface area contributed by atoms with E-state index in [0.29, 0.717) is 12.1 Å². The molecular formula is C25H20FN3O2. The second-order valence-corrected chi connectivity index (χ2v) is 7.52. The van der Waals surface area contributed by atoms with Gasteiger partial charge in [0.2, 0.25) is 0 Å². The average Bonchev–Trinajstić information content (AvgIpc) is 3.35. The number of para-hydroxylation sites is 3. The number of hydrogen-bond acceptors (Lipinski definition) is 3. The first kappa shape index (κ1) is 19.1. The van der Waals surface area contributed by atoms with E-state index >= 15 is 0 Å². The lowest BCUT2D eigenvalue weighted by atomic mass is 10.1. The highest BCUT2D eigenvalue weighted by Crippen LogP contribution is 2.26. The minimum atomic E-state index is -0.404. The van der Waals surface area contributed by atoms with Crippen LogP contribution >= 0.6 is 0 Å². The van der Waals surface area contributed by atoms with Crippen molar-refractivity contribution in [1.29, 1.82) is 0 Å². The minimum absolute atomic E-state index is 0.281. The predicted octanol–water partition coefficient (Wildman–Crippen LogP) is 5.40. The molecule has 2 heterocycles. The number of hydrogen-bond donors (Lipinski definition) is 1. The van der Waals surface area contributed by atoms with Gasteiger partial charge in [0, 0.05) is 17.5 Å². The molecule has 1 amide bonds. The first-order chi connectivity index (χ1) is 15.1. The largest absolute Gasteiger partial charge is 0.451 e. The van der Waals surface area contributed by atoms with Crippen molar-refractivity contribution in [3.05, 3.63) is 102 Å². The van der Waals surface area contributed by atoms with Crippen LogP contribution in [0.15, 0.2) is 83.5 Å². The Kier molecular flexibility index (Phi) is 4.75. The number of nitrogens with zero attached hydrogens (tertiary/aromatic N) is 2. The summed E-state index contributed by atoms with van der Waals surface area (Å²) in [5.41, 5.74) is 4.09. The average molecular weight is 413 g/mol. The summed E-state index contributed by atoms with van der Waals surface area (Å²) in [6.45, 7) is 2.31. The van der Waals surface area contributed by atoms with Crippen LogP contribution in [-0.4, -0.2) is 15.5 Å². The van der Waals surface area contributed by atoms with Gasteiger partial charge in [-0.2, -0.15) is 0 Å². The zero-order valence-electron chi connectivity index (χ0n) is 16.9. The molecule has 0 aliphatic rings. The number of halogens is 1. The molecule has 2 aromatic heterocycles. The van der Waals surface area contributed by atoms with E-state index in [2.05, 4.69) is 10.3 Å². The first-order valence-corrected chi connectivity index (χ1v) is 10.0. The summed E-state index contributed by atoms with van der Waals surface area (Å²) in [6, 6.07) is 21.1. The van der Waals surface area contributed by atoms with Gasteiger partial charge in [0.1, 0.15) is 11.4 Å². The fourth-order valence-corrected chi connectivity index (χ4v) is 3.90. The van der Waals surface area contributed by atoms with Crippen LogP contribution in [0, 0.1) is 12.7 Å². The van der Waals surface area contributed by atoms with Crippen LogP contribution in [0.4, 0.5) is 4.39 Å². The van der Waals surface area contributed by atoms with Crippen LogP contribution in [0.1, 0.15) is 27.7 Å². The Morgan fingerprint density at radius 2 is 1.81 bits per heavy atom. The monoisotopic (exact) mass is 413 g/mol. The molecule has 0 aliphatic heterocycles. The number of imidazole rings is 1. The number of rotatable bonds is 5. The van der Waals surface area contributed by atoms with Gasteiger partial charge in [-0.3, -0.25) is 4.79 Å². The van der Waals surface area contributed by atoms with E-state index in [1.54, 1.807) is 18.5 Å². The lowest BCUT2D eigenvalue weighted by Crippen LogP contribution is -2.31. The maximum Gasteiger partial charge on any atom is 0.287 e. The smallest absolute Gasteiger partial charge is 0.287 e.